The molecule has 0 radical (unpaired) electrons. The van der Waals surface area contributed by atoms with Crippen LogP contribution in [0, 0.1) is 12.8 Å². The van der Waals surface area contributed by atoms with Crippen LogP contribution < -0.4 is 10.2 Å². The summed E-state index contributed by atoms with van der Waals surface area (Å²) in [4.78, 5) is 8.78. The van der Waals surface area contributed by atoms with Crippen molar-refractivity contribution in [3.8, 4) is 0 Å². The van der Waals surface area contributed by atoms with E-state index in [-0.39, 0.29) is 0 Å². The van der Waals surface area contributed by atoms with Crippen LogP contribution >= 0.6 is 11.3 Å². The van der Waals surface area contributed by atoms with Crippen molar-refractivity contribution in [1.82, 2.24) is 10.3 Å². The molecule has 1 saturated carbocycles. The summed E-state index contributed by atoms with van der Waals surface area (Å²) < 4.78 is 0. The summed E-state index contributed by atoms with van der Waals surface area (Å²) in [6.07, 6.45) is 5.42. The molecule has 1 aliphatic carbocycles. The van der Waals surface area contributed by atoms with Crippen molar-refractivity contribution in [3.05, 3.63) is 10.6 Å². The summed E-state index contributed by atoms with van der Waals surface area (Å²) >= 11 is 1.90. The molecule has 4 heteroatoms. The van der Waals surface area contributed by atoms with E-state index >= 15 is 0 Å². The van der Waals surface area contributed by atoms with Crippen LogP contribution in [0.3, 0.4) is 0 Å². The van der Waals surface area contributed by atoms with Crippen LogP contribution in [-0.2, 0) is 6.54 Å². The van der Waals surface area contributed by atoms with Crippen LogP contribution in [0.4, 0.5) is 5.13 Å². The molecule has 0 amide bonds. The minimum absolute atomic E-state index is 0.789. The Balaban J connectivity index is 1.68. The topological polar surface area (TPSA) is 28.2 Å². The maximum Gasteiger partial charge on any atom is 0.186 e. The van der Waals surface area contributed by atoms with Gasteiger partial charge in [-0.25, -0.2) is 4.98 Å². The Labute approximate surface area is 114 Å². The van der Waals surface area contributed by atoms with Gasteiger partial charge in [-0.3, -0.25) is 0 Å². The van der Waals surface area contributed by atoms with Gasteiger partial charge in [0.2, 0.25) is 0 Å². The second kappa shape index (κ2) is 5.17. The van der Waals surface area contributed by atoms with Crippen molar-refractivity contribution in [2.45, 2.75) is 52.1 Å². The number of nitrogens with one attached hydrogen (secondary N) is 1. The van der Waals surface area contributed by atoms with Crippen molar-refractivity contribution in [2.75, 3.05) is 18.0 Å². The Hall–Kier alpha value is -0.610. The number of aryl methyl sites for hydroxylation is 1. The number of nitrogens with zero attached hydrogens (tertiary/aromatic N) is 2. The van der Waals surface area contributed by atoms with Crippen molar-refractivity contribution in [2.24, 2.45) is 5.92 Å². The number of rotatable bonds is 5. The van der Waals surface area contributed by atoms with E-state index in [0.29, 0.717) is 0 Å². The van der Waals surface area contributed by atoms with Gasteiger partial charge in [-0.1, -0.05) is 6.92 Å². The molecule has 2 aliphatic rings. The lowest BCUT2D eigenvalue weighted by Gasteiger charge is -2.26. The van der Waals surface area contributed by atoms with E-state index in [1.54, 1.807) is 0 Å². The molecule has 2 bridgehead atoms. The molecule has 100 valence electrons. The molecule has 1 aromatic heterocycles. The lowest BCUT2D eigenvalue weighted by Crippen LogP contribution is -2.31. The average molecular weight is 265 g/mol. The maximum absolute atomic E-state index is 4.79. The summed E-state index contributed by atoms with van der Waals surface area (Å²) in [6.45, 7) is 7.69. The zero-order chi connectivity index (χ0) is 12.5. The van der Waals surface area contributed by atoms with Gasteiger partial charge in [-0.2, -0.15) is 0 Å². The van der Waals surface area contributed by atoms with E-state index in [1.165, 1.54) is 47.9 Å². The number of fused-ring (bicyclic) bond motifs is 2. The first kappa shape index (κ1) is 12.4. The third-order valence-electron chi connectivity index (χ3n) is 4.25. The predicted octanol–water partition coefficient (Wildman–Crippen LogP) is 2.94. The first-order chi connectivity index (χ1) is 8.78. The molecule has 0 aromatic carbocycles. The van der Waals surface area contributed by atoms with Gasteiger partial charge in [0.25, 0.3) is 0 Å². The third kappa shape index (κ3) is 2.28. The summed E-state index contributed by atoms with van der Waals surface area (Å²) in [5.41, 5.74) is 1.22. The van der Waals surface area contributed by atoms with E-state index in [9.17, 15) is 0 Å². The highest BCUT2D eigenvalue weighted by atomic mass is 32.1. The molecular weight excluding hydrogens is 242 g/mol. The molecule has 0 spiro atoms. The summed E-state index contributed by atoms with van der Waals surface area (Å²) in [5.74, 6) is 0.945. The summed E-state index contributed by atoms with van der Waals surface area (Å²) in [7, 11) is 0. The molecule has 1 aliphatic heterocycles. The monoisotopic (exact) mass is 265 g/mol. The Bertz CT molecular complexity index is 415. The molecule has 2 unspecified atom stereocenters. The lowest BCUT2D eigenvalue weighted by atomic mass is 10.1. The van der Waals surface area contributed by atoms with E-state index < -0.39 is 0 Å². The summed E-state index contributed by atoms with van der Waals surface area (Å²) in [6, 6.07) is 0.789. The zero-order valence-corrected chi connectivity index (χ0v) is 12.2. The SMILES string of the molecule is CCCNCc1sc(N2CC3CCC2C3)nc1C. The maximum atomic E-state index is 4.79. The van der Waals surface area contributed by atoms with Crippen LogP contribution in [0.25, 0.3) is 0 Å². The fraction of sp³-hybridized carbons (Fsp3) is 0.786. The standard InChI is InChI=1S/C14H23N3S/c1-3-6-15-8-13-10(2)16-14(18-13)17-9-11-4-5-12(17)7-11/h11-12,15H,3-9H2,1-2H3. The summed E-state index contributed by atoms with van der Waals surface area (Å²) in [5, 5.41) is 4.75. The molecule has 18 heavy (non-hydrogen) atoms. The molecular formula is C14H23N3S. The highest BCUT2D eigenvalue weighted by Gasteiger charge is 2.39. The zero-order valence-electron chi connectivity index (χ0n) is 11.4. The van der Waals surface area contributed by atoms with Gasteiger partial charge in [0.1, 0.15) is 0 Å². The average Bonchev–Trinajstić information content (AvgIpc) is 3.05. The molecule has 2 atom stereocenters. The first-order valence-electron chi connectivity index (χ1n) is 7.21. The van der Waals surface area contributed by atoms with Gasteiger partial charge in [0.05, 0.1) is 5.69 Å². The van der Waals surface area contributed by atoms with Crippen molar-refractivity contribution in [3.63, 3.8) is 0 Å². The van der Waals surface area contributed by atoms with Gasteiger partial charge in [-0.15, -0.1) is 11.3 Å². The third-order valence-corrected chi connectivity index (χ3v) is 5.44. The van der Waals surface area contributed by atoms with Gasteiger partial charge in [0, 0.05) is 24.0 Å². The largest absolute Gasteiger partial charge is 0.345 e. The molecule has 2 fully saturated rings. The van der Waals surface area contributed by atoms with Crippen molar-refractivity contribution in [1.29, 1.82) is 0 Å². The van der Waals surface area contributed by atoms with Crippen LogP contribution in [0.1, 0.15) is 43.2 Å². The second-order valence-corrected chi connectivity index (χ2v) is 6.73. The Morgan fingerprint density at radius 3 is 3.00 bits per heavy atom. The molecule has 1 saturated heterocycles. The second-order valence-electron chi connectivity index (χ2n) is 5.67. The number of hydrogen-bond donors (Lipinski definition) is 1. The highest BCUT2D eigenvalue weighted by Crippen LogP contribution is 2.41. The molecule has 3 rings (SSSR count). The molecule has 2 heterocycles. The highest BCUT2D eigenvalue weighted by molar-refractivity contribution is 7.15. The minimum atomic E-state index is 0.789. The number of thiazole rings is 1. The van der Waals surface area contributed by atoms with E-state index in [4.69, 9.17) is 4.98 Å². The predicted molar refractivity (Wildman–Crippen MR) is 77.3 cm³/mol. The minimum Gasteiger partial charge on any atom is -0.345 e. The lowest BCUT2D eigenvalue weighted by molar-refractivity contribution is 0.553. The molecule has 1 N–H and O–H groups in total. The van der Waals surface area contributed by atoms with E-state index in [2.05, 4.69) is 24.1 Å². The Morgan fingerprint density at radius 2 is 2.33 bits per heavy atom. The fourth-order valence-electron chi connectivity index (χ4n) is 3.24. The number of anilines is 1. The van der Waals surface area contributed by atoms with Crippen LogP contribution in [-0.4, -0.2) is 24.1 Å². The number of hydrogen-bond acceptors (Lipinski definition) is 4. The van der Waals surface area contributed by atoms with E-state index in [0.717, 1.165) is 25.0 Å². The Kier molecular flexibility index (Phi) is 3.57. The smallest absolute Gasteiger partial charge is 0.186 e. The molecule has 1 aromatic rings. The first-order valence-corrected chi connectivity index (χ1v) is 8.03. The van der Waals surface area contributed by atoms with E-state index in [1.807, 2.05) is 11.3 Å². The quantitative estimate of drug-likeness (QED) is 0.830. The Morgan fingerprint density at radius 1 is 1.44 bits per heavy atom. The van der Waals surface area contributed by atoms with Gasteiger partial charge < -0.3 is 10.2 Å². The van der Waals surface area contributed by atoms with Gasteiger partial charge in [0.15, 0.2) is 5.13 Å². The van der Waals surface area contributed by atoms with Crippen molar-refractivity contribution < 1.29 is 0 Å². The number of piperidine rings is 1. The molecule has 3 nitrogen and oxygen atoms in total. The fourth-order valence-corrected chi connectivity index (χ4v) is 4.35. The van der Waals surface area contributed by atoms with Crippen LogP contribution in [0.5, 0.6) is 0 Å². The van der Waals surface area contributed by atoms with Crippen molar-refractivity contribution >= 4 is 16.5 Å². The number of aromatic nitrogens is 1. The van der Waals surface area contributed by atoms with Gasteiger partial charge >= 0.3 is 0 Å². The van der Waals surface area contributed by atoms with Crippen LogP contribution in [0.15, 0.2) is 0 Å². The van der Waals surface area contributed by atoms with Gasteiger partial charge in [-0.05, 0) is 45.1 Å². The van der Waals surface area contributed by atoms with Crippen LogP contribution in [0.2, 0.25) is 0 Å². The normalized spacial score (nSPS) is 26.2.